The van der Waals surface area contributed by atoms with Crippen LogP contribution in [0.3, 0.4) is 0 Å². The number of hydrogen-bond acceptors (Lipinski definition) is 5. The Morgan fingerprint density at radius 3 is 2.74 bits per heavy atom. The number of amides is 1. The Morgan fingerprint density at radius 1 is 1.42 bits per heavy atom. The number of ketones is 1. The minimum atomic E-state index is -1.17. The average molecular weight is 270 g/mol. The molecule has 0 atom stereocenters. The molecule has 0 aromatic rings. The second kappa shape index (κ2) is 6.65. The van der Waals surface area contributed by atoms with Gasteiger partial charge in [0, 0.05) is 13.1 Å². The van der Waals surface area contributed by atoms with Gasteiger partial charge in [0.25, 0.3) is 0 Å². The van der Waals surface area contributed by atoms with Gasteiger partial charge in [-0.1, -0.05) is 0 Å². The highest BCUT2D eigenvalue weighted by molar-refractivity contribution is 6.04. The molecule has 1 rings (SSSR count). The number of rotatable bonds is 5. The van der Waals surface area contributed by atoms with Crippen molar-refractivity contribution in [3.63, 3.8) is 0 Å². The number of carbonyl (C=O) groups is 3. The molecular formula is C13H22N2O4. The van der Waals surface area contributed by atoms with Crippen LogP contribution in [0.25, 0.3) is 0 Å². The number of nitrogens with one attached hydrogen (secondary N) is 1. The summed E-state index contributed by atoms with van der Waals surface area (Å²) < 4.78 is 4.91. The molecule has 6 heteroatoms. The van der Waals surface area contributed by atoms with E-state index in [1.165, 1.54) is 0 Å². The summed E-state index contributed by atoms with van der Waals surface area (Å²) in [5, 5.41) is 2.75. The van der Waals surface area contributed by atoms with Crippen molar-refractivity contribution in [3.05, 3.63) is 0 Å². The molecule has 1 saturated heterocycles. The predicted molar refractivity (Wildman–Crippen MR) is 69.5 cm³/mol. The van der Waals surface area contributed by atoms with Crippen LogP contribution in [0.5, 0.6) is 0 Å². The van der Waals surface area contributed by atoms with E-state index >= 15 is 0 Å². The first kappa shape index (κ1) is 15.6. The van der Waals surface area contributed by atoms with E-state index in [4.69, 9.17) is 4.74 Å². The van der Waals surface area contributed by atoms with Crippen molar-refractivity contribution in [2.75, 3.05) is 32.8 Å². The van der Waals surface area contributed by atoms with Crippen LogP contribution in [-0.2, 0) is 19.1 Å². The van der Waals surface area contributed by atoms with Crippen molar-refractivity contribution in [1.29, 1.82) is 0 Å². The van der Waals surface area contributed by atoms with Crippen molar-refractivity contribution in [1.82, 2.24) is 10.2 Å². The molecule has 0 spiro atoms. The molecule has 6 nitrogen and oxygen atoms in total. The van der Waals surface area contributed by atoms with Gasteiger partial charge >= 0.3 is 5.97 Å². The van der Waals surface area contributed by atoms with Crippen LogP contribution in [0.4, 0.5) is 0 Å². The number of nitrogens with zero attached hydrogens (tertiary/aromatic N) is 1. The summed E-state index contributed by atoms with van der Waals surface area (Å²) >= 11 is 0. The molecule has 0 aromatic heterocycles. The lowest BCUT2D eigenvalue weighted by molar-refractivity contribution is -0.158. The van der Waals surface area contributed by atoms with Crippen LogP contribution in [-0.4, -0.2) is 55.3 Å². The number of ether oxygens (including phenoxy) is 1. The third kappa shape index (κ3) is 4.31. The van der Waals surface area contributed by atoms with Gasteiger partial charge in [0.1, 0.15) is 5.41 Å². The summed E-state index contributed by atoms with van der Waals surface area (Å²) in [4.78, 5) is 37.1. The lowest BCUT2D eigenvalue weighted by atomic mass is 9.88. The summed E-state index contributed by atoms with van der Waals surface area (Å²) in [5.41, 5.74) is -1.17. The summed E-state index contributed by atoms with van der Waals surface area (Å²) in [5.74, 6) is -0.820. The van der Waals surface area contributed by atoms with Gasteiger partial charge in [0.05, 0.1) is 19.7 Å². The standard InChI is InChI=1S/C13H22N2O4/c1-4-19-12(18)13(2,3)10(16)8-15-7-5-6-14-11(17)9-15/h4-9H2,1-3H3,(H,14,17). The molecule has 108 valence electrons. The van der Waals surface area contributed by atoms with Crippen LogP contribution in [0.2, 0.25) is 0 Å². The molecule has 0 unspecified atom stereocenters. The van der Waals surface area contributed by atoms with Gasteiger partial charge in [0.2, 0.25) is 5.91 Å². The van der Waals surface area contributed by atoms with E-state index in [-0.39, 0.29) is 31.4 Å². The maximum absolute atomic E-state index is 12.2. The first-order chi connectivity index (χ1) is 8.87. The Labute approximate surface area is 113 Å². The third-order valence-corrected chi connectivity index (χ3v) is 3.19. The SMILES string of the molecule is CCOC(=O)C(C)(C)C(=O)CN1CCCNC(=O)C1. The van der Waals surface area contributed by atoms with Crippen molar-refractivity contribution in [2.24, 2.45) is 5.41 Å². The van der Waals surface area contributed by atoms with Gasteiger partial charge in [-0.3, -0.25) is 19.3 Å². The fraction of sp³-hybridized carbons (Fsp3) is 0.769. The number of esters is 1. The Kier molecular flexibility index (Phi) is 5.47. The zero-order chi connectivity index (χ0) is 14.5. The van der Waals surface area contributed by atoms with Gasteiger partial charge in [-0.25, -0.2) is 0 Å². The molecule has 0 aliphatic carbocycles. The molecule has 1 N–H and O–H groups in total. The van der Waals surface area contributed by atoms with Gasteiger partial charge < -0.3 is 10.1 Å². The van der Waals surface area contributed by atoms with Gasteiger partial charge in [0.15, 0.2) is 5.78 Å². The summed E-state index contributed by atoms with van der Waals surface area (Å²) in [6.45, 7) is 6.67. The minimum Gasteiger partial charge on any atom is -0.465 e. The molecule has 0 radical (unpaired) electrons. The zero-order valence-electron chi connectivity index (χ0n) is 11.8. The van der Waals surface area contributed by atoms with Gasteiger partial charge in [-0.15, -0.1) is 0 Å². The molecule has 0 aromatic carbocycles. The highest BCUT2D eigenvalue weighted by Crippen LogP contribution is 2.19. The number of Topliss-reactive ketones (excluding diaryl/α,β-unsaturated/α-hetero) is 1. The lowest BCUT2D eigenvalue weighted by Crippen LogP contribution is -2.44. The van der Waals surface area contributed by atoms with Crippen LogP contribution >= 0.6 is 0 Å². The van der Waals surface area contributed by atoms with Crippen molar-refractivity contribution in [2.45, 2.75) is 27.2 Å². The molecular weight excluding hydrogens is 248 g/mol. The van der Waals surface area contributed by atoms with E-state index in [2.05, 4.69) is 5.32 Å². The molecule has 1 heterocycles. The second-order valence-corrected chi connectivity index (χ2v) is 5.18. The van der Waals surface area contributed by atoms with Crippen LogP contribution in [0.1, 0.15) is 27.2 Å². The smallest absolute Gasteiger partial charge is 0.319 e. The van der Waals surface area contributed by atoms with E-state index in [9.17, 15) is 14.4 Å². The van der Waals surface area contributed by atoms with Crippen LogP contribution in [0.15, 0.2) is 0 Å². The molecule has 1 aliphatic rings. The topological polar surface area (TPSA) is 75.7 Å². The second-order valence-electron chi connectivity index (χ2n) is 5.18. The minimum absolute atomic E-state index is 0.0840. The molecule has 1 fully saturated rings. The van der Waals surface area contributed by atoms with Crippen molar-refractivity contribution < 1.29 is 19.1 Å². The molecule has 19 heavy (non-hydrogen) atoms. The summed E-state index contributed by atoms with van der Waals surface area (Å²) in [7, 11) is 0. The van der Waals surface area contributed by atoms with Crippen molar-refractivity contribution >= 4 is 17.7 Å². The van der Waals surface area contributed by atoms with E-state index in [1.807, 2.05) is 0 Å². The Morgan fingerprint density at radius 2 is 2.11 bits per heavy atom. The van der Waals surface area contributed by atoms with E-state index in [0.29, 0.717) is 13.1 Å². The first-order valence-corrected chi connectivity index (χ1v) is 6.57. The maximum Gasteiger partial charge on any atom is 0.319 e. The monoisotopic (exact) mass is 270 g/mol. The van der Waals surface area contributed by atoms with E-state index < -0.39 is 11.4 Å². The van der Waals surface area contributed by atoms with Crippen LogP contribution < -0.4 is 5.32 Å². The van der Waals surface area contributed by atoms with E-state index in [0.717, 1.165) is 6.42 Å². The molecule has 1 amide bonds. The Balaban J connectivity index is 2.62. The first-order valence-electron chi connectivity index (χ1n) is 6.57. The number of hydrogen-bond donors (Lipinski definition) is 1. The molecule has 0 saturated carbocycles. The highest BCUT2D eigenvalue weighted by atomic mass is 16.5. The average Bonchev–Trinajstić information content (AvgIpc) is 2.53. The quantitative estimate of drug-likeness (QED) is 0.561. The largest absolute Gasteiger partial charge is 0.465 e. The van der Waals surface area contributed by atoms with Crippen molar-refractivity contribution in [3.8, 4) is 0 Å². The fourth-order valence-corrected chi connectivity index (χ4v) is 1.83. The zero-order valence-corrected chi connectivity index (χ0v) is 11.8. The van der Waals surface area contributed by atoms with Gasteiger partial charge in [-0.2, -0.15) is 0 Å². The lowest BCUT2D eigenvalue weighted by Gasteiger charge is -2.25. The fourth-order valence-electron chi connectivity index (χ4n) is 1.83. The third-order valence-electron chi connectivity index (χ3n) is 3.19. The summed E-state index contributed by atoms with van der Waals surface area (Å²) in [6.07, 6.45) is 0.804. The normalized spacial score (nSPS) is 17.5. The molecule has 0 bridgehead atoms. The Hall–Kier alpha value is -1.43. The molecule has 1 aliphatic heterocycles. The maximum atomic E-state index is 12.2. The van der Waals surface area contributed by atoms with Gasteiger partial charge in [-0.05, 0) is 27.2 Å². The van der Waals surface area contributed by atoms with Crippen LogP contribution in [0, 0.1) is 5.41 Å². The van der Waals surface area contributed by atoms with E-state index in [1.54, 1.807) is 25.7 Å². The predicted octanol–water partition coefficient (Wildman–Crippen LogP) is -0.0333. The highest BCUT2D eigenvalue weighted by Gasteiger charge is 2.38. The Bertz CT molecular complexity index is 366. The summed E-state index contributed by atoms with van der Waals surface area (Å²) in [6, 6.07) is 0. The number of carbonyl (C=O) groups excluding carboxylic acids is 3.